The quantitative estimate of drug-likeness (QED) is 0.727. The van der Waals surface area contributed by atoms with Crippen molar-refractivity contribution in [3.63, 3.8) is 0 Å². The first-order valence-corrected chi connectivity index (χ1v) is 6.02. The van der Waals surface area contributed by atoms with E-state index in [4.69, 9.17) is 0 Å². The number of carbonyl (C=O) groups excluding carboxylic acids is 1. The van der Waals surface area contributed by atoms with Crippen LogP contribution in [0.15, 0.2) is 48.9 Å². The van der Waals surface area contributed by atoms with Crippen molar-refractivity contribution in [3.8, 4) is 11.1 Å². The third-order valence-corrected chi connectivity index (χ3v) is 3.14. The molecule has 4 heteroatoms. The van der Waals surface area contributed by atoms with Gasteiger partial charge in [0.2, 0.25) is 6.41 Å². The van der Waals surface area contributed by atoms with Crippen LogP contribution in [-0.2, 0) is 4.79 Å². The number of rotatable bonds is 3. The first-order chi connectivity index (χ1) is 9.28. The fourth-order valence-electron chi connectivity index (χ4n) is 2.15. The molecule has 1 aromatic carbocycles. The smallest absolute Gasteiger partial charge is 0.211 e. The molecule has 0 saturated carbocycles. The second-order valence-corrected chi connectivity index (χ2v) is 4.41. The van der Waals surface area contributed by atoms with Gasteiger partial charge in [0.15, 0.2) is 0 Å². The Hall–Kier alpha value is -2.62. The van der Waals surface area contributed by atoms with E-state index < -0.39 is 0 Å². The van der Waals surface area contributed by atoms with Gasteiger partial charge in [0.25, 0.3) is 0 Å². The van der Waals surface area contributed by atoms with Crippen LogP contribution >= 0.6 is 0 Å². The Balaban J connectivity index is 2.13. The molecule has 3 aromatic rings. The van der Waals surface area contributed by atoms with Crippen molar-refractivity contribution in [2.45, 2.75) is 6.92 Å². The van der Waals surface area contributed by atoms with Gasteiger partial charge >= 0.3 is 0 Å². The van der Waals surface area contributed by atoms with Gasteiger partial charge in [-0.05, 0) is 42.3 Å². The topological polar surface area (TPSA) is 46.4 Å². The molecule has 0 atom stereocenters. The molecule has 0 aliphatic heterocycles. The lowest BCUT2D eigenvalue weighted by atomic mass is 10.0. The lowest BCUT2D eigenvalue weighted by Crippen LogP contribution is -1.96. The minimum Gasteiger partial charge on any atom is -0.329 e. The van der Waals surface area contributed by atoms with Gasteiger partial charge in [0.1, 0.15) is 5.65 Å². The highest BCUT2D eigenvalue weighted by Crippen LogP contribution is 2.26. The van der Waals surface area contributed by atoms with Crippen molar-refractivity contribution < 1.29 is 4.79 Å². The molecule has 0 spiro atoms. The van der Waals surface area contributed by atoms with E-state index in [1.54, 1.807) is 0 Å². The normalized spacial score (nSPS) is 10.6. The number of hydrogen-bond donors (Lipinski definition) is 1. The summed E-state index contributed by atoms with van der Waals surface area (Å²) in [5.74, 6) is 0. The Bertz CT molecular complexity index is 746. The lowest BCUT2D eigenvalue weighted by Gasteiger charge is -2.09. The van der Waals surface area contributed by atoms with Crippen molar-refractivity contribution in [3.05, 3.63) is 54.5 Å². The Labute approximate surface area is 110 Å². The average molecular weight is 251 g/mol. The zero-order chi connectivity index (χ0) is 13.2. The Morgan fingerprint density at radius 2 is 2.21 bits per heavy atom. The maximum Gasteiger partial charge on any atom is 0.211 e. The molecule has 1 N–H and O–H groups in total. The van der Waals surface area contributed by atoms with Gasteiger partial charge in [-0.15, -0.1) is 0 Å². The van der Waals surface area contributed by atoms with Crippen LogP contribution in [0.25, 0.3) is 16.8 Å². The Morgan fingerprint density at radius 1 is 1.32 bits per heavy atom. The van der Waals surface area contributed by atoms with E-state index in [0.29, 0.717) is 6.41 Å². The van der Waals surface area contributed by atoms with Crippen molar-refractivity contribution in [1.82, 2.24) is 9.38 Å². The second kappa shape index (κ2) is 4.57. The highest BCUT2D eigenvalue weighted by molar-refractivity contribution is 5.77. The maximum absolute atomic E-state index is 10.5. The molecular weight excluding hydrogens is 238 g/mol. The standard InChI is InChI=1S/C15H13N3O/c1-11-4-5-13(17-10-19)7-14(11)12-8-16-15-3-2-6-18(15)9-12/h2-10H,1H3,(H,17,19). The second-order valence-electron chi connectivity index (χ2n) is 4.41. The Kier molecular flexibility index (Phi) is 2.76. The van der Waals surface area contributed by atoms with Gasteiger partial charge in [0.05, 0.1) is 0 Å². The van der Waals surface area contributed by atoms with Crippen LogP contribution in [0.4, 0.5) is 5.69 Å². The van der Waals surface area contributed by atoms with Gasteiger partial charge in [-0.2, -0.15) is 0 Å². The van der Waals surface area contributed by atoms with Crippen LogP contribution in [0, 0.1) is 6.92 Å². The lowest BCUT2D eigenvalue weighted by molar-refractivity contribution is -0.105. The van der Waals surface area contributed by atoms with Crippen LogP contribution in [0.5, 0.6) is 0 Å². The molecule has 0 fully saturated rings. The molecule has 2 heterocycles. The van der Waals surface area contributed by atoms with Gasteiger partial charge in [0, 0.05) is 29.8 Å². The van der Waals surface area contributed by atoms with Crippen LogP contribution in [0.3, 0.4) is 0 Å². The van der Waals surface area contributed by atoms with E-state index in [1.165, 1.54) is 0 Å². The fourth-order valence-corrected chi connectivity index (χ4v) is 2.15. The summed E-state index contributed by atoms with van der Waals surface area (Å²) in [4.78, 5) is 14.9. The highest BCUT2D eigenvalue weighted by Gasteiger charge is 2.05. The maximum atomic E-state index is 10.5. The van der Waals surface area contributed by atoms with Gasteiger partial charge in [-0.25, -0.2) is 4.98 Å². The number of nitrogens with zero attached hydrogens (tertiary/aromatic N) is 2. The minimum atomic E-state index is 0.682. The number of amides is 1. The van der Waals surface area contributed by atoms with E-state index in [1.807, 2.05) is 60.2 Å². The first kappa shape index (κ1) is 11.5. The van der Waals surface area contributed by atoms with Crippen molar-refractivity contribution >= 4 is 17.7 Å². The molecule has 94 valence electrons. The summed E-state index contributed by atoms with van der Waals surface area (Å²) in [6.45, 7) is 2.04. The summed E-state index contributed by atoms with van der Waals surface area (Å²) in [7, 11) is 0. The SMILES string of the molecule is Cc1ccc(NC=O)cc1-c1cnc2cccn2c1. The molecule has 19 heavy (non-hydrogen) atoms. The van der Waals surface area contributed by atoms with Gasteiger partial charge < -0.3 is 9.72 Å². The number of aryl methyl sites for hydroxylation is 1. The number of anilines is 1. The third-order valence-electron chi connectivity index (χ3n) is 3.14. The summed E-state index contributed by atoms with van der Waals surface area (Å²) in [6, 6.07) is 9.75. The fraction of sp³-hybridized carbons (Fsp3) is 0.0667. The monoisotopic (exact) mass is 251 g/mol. The summed E-state index contributed by atoms with van der Waals surface area (Å²) in [5.41, 5.74) is 4.93. The van der Waals surface area contributed by atoms with Gasteiger partial charge in [-0.3, -0.25) is 4.79 Å². The van der Waals surface area contributed by atoms with Crippen LogP contribution in [0.1, 0.15) is 5.56 Å². The highest BCUT2D eigenvalue weighted by atomic mass is 16.1. The number of fused-ring (bicyclic) bond motifs is 1. The number of carbonyl (C=O) groups is 1. The van der Waals surface area contributed by atoms with Crippen LogP contribution in [-0.4, -0.2) is 15.8 Å². The van der Waals surface area contributed by atoms with E-state index in [-0.39, 0.29) is 0 Å². The molecule has 0 radical (unpaired) electrons. The first-order valence-electron chi connectivity index (χ1n) is 6.02. The zero-order valence-corrected chi connectivity index (χ0v) is 10.5. The average Bonchev–Trinajstić information content (AvgIpc) is 2.88. The number of hydrogen-bond acceptors (Lipinski definition) is 2. The summed E-state index contributed by atoms with van der Waals surface area (Å²) >= 11 is 0. The van der Waals surface area contributed by atoms with Crippen LogP contribution in [0.2, 0.25) is 0 Å². The van der Waals surface area contributed by atoms with E-state index in [9.17, 15) is 4.79 Å². The van der Waals surface area contributed by atoms with Crippen molar-refractivity contribution in [2.75, 3.05) is 5.32 Å². The van der Waals surface area contributed by atoms with Gasteiger partial charge in [-0.1, -0.05) is 6.07 Å². The van der Waals surface area contributed by atoms with E-state index in [0.717, 1.165) is 28.0 Å². The van der Waals surface area contributed by atoms with Crippen LogP contribution < -0.4 is 5.32 Å². The molecule has 0 bridgehead atoms. The van der Waals surface area contributed by atoms with E-state index >= 15 is 0 Å². The molecule has 1 amide bonds. The minimum absolute atomic E-state index is 0.682. The molecule has 2 aromatic heterocycles. The summed E-state index contributed by atoms with van der Waals surface area (Å²) in [5, 5.41) is 2.67. The Morgan fingerprint density at radius 3 is 3.05 bits per heavy atom. The summed E-state index contributed by atoms with van der Waals surface area (Å²) in [6.07, 6.45) is 6.54. The predicted octanol–water partition coefficient (Wildman–Crippen LogP) is 2.88. The molecule has 3 rings (SSSR count). The molecule has 0 aliphatic rings. The molecule has 4 nitrogen and oxygen atoms in total. The van der Waals surface area contributed by atoms with E-state index in [2.05, 4.69) is 10.3 Å². The number of aromatic nitrogens is 2. The number of nitrogens with one attached hydrogen (secondary N) is 1. The largest absolute Gasteiger partial charge is 0.329 e. The molecule has 0 aliphatic carbocycles. The molecular formula is C15H13N3O. The zero-order valence-electron chi connectivity index (χ0n) is 10.5. The molecule has 0 saturated heterocycles. The predicted molar refractivity (Wildman–Crippen MR) is 75.1 cm³/mol. The summed E-state index contributed by atoms with van der Waals surface area (Å²) < 4.78 is 1.98. The van der Waals surface area contributed by atoms with Crippen molar-refractivity contribution in [2.24, 2.45) is 0 Å². The number of benzene rings is 1. The molecule has 0 unspecified atom stereocenters. The van der Waals surface area contributed by atoms with Crippen molar-refractivity contribution in [1.29, 1.82) is 0 Å². The third kappa shape index (κ3) is 2.08.